The molecule has 1 heterocycles. The Bertz CT molecular complexity index is 777. The number of rotatable bonds is 6. The summed E-state index contributed by atoms with van der Waals surface area (Å²) in [6, 6.07) is 4.86. The van der Waals surface area contributed by atoms with Crippen LogP contribution in [0.4, 0.5) is 0 Å². The van der Waals surface area contributed by atoms with Gasteiger partial charge in [0.1, 0.15) is 12.1 Å². The van der Waals surface area contributed by atoms with E-state index in [1.165, 1.54) is 23.2 Å². The zero-order chi connectivity index (χ0) is 20.2. The van der Waals surface area contributed by atoms with E-state index < -0.39 is 34.0 Å². The van der Waals surface area contributed by atoms with Crippen LogP contribution < -0.4 is 5.32 Å². The average molecular weight is 415 g/mol. The molecule has 27 heavy (non-hydrogen) atoms. The summed E-state index contributed by atoms with van der Waals surface area (Å²) in [5.74, 6) is -0.265. The van der Waals surface area contributed by atoms with Gasteiger partial charge in [-0.3, -0.25) is 4.79 Å². The number of sulfonamides is 1. The first-order chi connectivity index (χ1) is 12.7. The highest BCUT2D eigenvalue weighted by molar-refractivity contribution is 7.99. The number of hydrogen-bond donors (Lipinski definition) is 1. The van der Waals surface area contributed by atoms with Crippen LogP contribution in [0.1, 0.15) is 19.4 Å². The molecule has 1 fully saturated rings. The number of nitrogens with one attached hydrogen (secondary N) is 1. The molecule has 1 unspecified atom stereocenters. The van der Waals surface area contributed by atoms with Gasteiger partial charge in [0, 0.05) is 18.1 Å². The Labute approximate surface area is 164 Å². The number of esters is 1. The van der Waals surface area contributed by atoms with Crippen molar-refractivity contribution < 1.29 is 22.7 Å². The number of nitrogens with zero attached hydrogens (tertiary/aromatic N) is 1. The third-order valence-electron chi connectivity index (χ3n) is 4.43. The van der Waals surface area contributed by atoms with Crippen molar-refractivity contribution >= 4 is 33.7 Å². The number of amides is 1. The topological polar surface area (TPSA) is 92.8 Å². The number of carbonyl (C=O) groups is 2. The summed E-state index contributed by atoms with van der Waals surface area (Å²) < 4.78 is 32.1. The third kappa shape index (κ3) is 5.03. The molecule has 1 aliphatic heterocycles. The zero-order valence-electron chi connectivity index (χ0n) is 16.0. The molecule has 0 bridgehead atoms. The van der Waals surface area contributed by atoms with Crippen LogP contribution in [0.25, 0.3) is 0 Å². The Morgan fingerprint density at radius 1 is 1.26 bits per heavy atom. The van der Waals surface area contributed by atoms with E-state index in [0.717, 1.165) is 5.56 Å². The molecule has 150 valence electrons. The molecule has 2 atom stereocenters. The lowest BCUT2D eigenvalue weighted by Crippen LogP contribution is -2.57. The third-order valence-corrected chi connectivity index (χ3v) is 7.37. The smallest absolute Gasteiger partial charge is 0.328 e. The van der Waals surface area contributed by atoms with Crippen LogP contribution >= 0.6 is 11.8 Å². The first-order valence-electron chi connectivity index (χ1n) is 8.73. The van der Waals surface area contributed by atoms with Crippen molar-refractivity contribution in [3.63, 3.8) is 0 Å². The van der Waals surface area contributed by atoms with Crippen molar-refractivity contribution in [1.82, 2.24) is 9.62 Å². The minimum Gasteiger partial charge on any atom is -0.467 e. The summed E-state index contributed by atoms with van der Waals surface area (Å²) >= 11 is 1.52. The van der Waals surface area contributed by atoms with E-state index >= 15 is 0 Å². The van der Waals surface area contributed by atoms with Crippen LogP contribution in [0.3, 0.4) is 0 Å². The molecule has 1 amide bonds. The van der Waals surface area contributed by atoms with Gasteiger partial charge in [-0.15, -0.1) is 0 Å². The van der Waals surface area contributed by atoms with Crippen LogP contribution in [0.5, 0.6) is 0 Å². The lowest BCUT2D eigenvalue weighted by Gasteiger charge is -2.34. The summed E-state index contributed by atoms with van der Waals surface area (Å²) in [5, 5.41) is 2.67. The van der Waals surface area contributed by atoms with Crippen LogP contribution in [0.15, 0.2) is 29.2 Å². The van der Waals surface area contributed by atoms with Crippen molar-refractivity contribution in [2.24, 2.45) is 5.92 Å². The van der Waals surface area contributed by atoms with Crippen molar-refractivity contribution in [2.45, 2.75) is 37.8 Å². The van der Waals surface area contributed by atoms with E-state index in [4.69, 9.17) is 4.74 Å². The van der Waals surface area contributed by atoms with Gasteiger partial charge in [0.2, 0.25) is 15.9 Å². The summed E-state index contributed by atoms with van der Waals surface area (Å²) in [6.07, 6.45) is 0. The highest BCUT2D eigenvalue weighted by atomic mass is 32.2. The minimum absolute atomic E-state index is 0.158. The van der Waals surface area contributed by atoms with Gasteiger partial charge in [-0.2, -0.15) is 16.1 Å². The maximum atomic E-state index is 13.1. The molecule has 2 rings (SSSR count). The Hall–Kier alpha value is -1.58. The molecule has 9 heteroatoms. The molecule has 7 nitrogen and oxygen atoms in total. The van der Waals surface area contributed by atoms with Gasteiger partial charge >= 0.3 is 5.97 Å². The second kappa shape index (κ2) is 9.07. The fraction of sp³-hybridized carbons (Fsp3) is 0.556. The highest BCUT2D eigenvalue weighted by Crippen LogP contribution is 2.25. The van der Waals surface area contributed by atoms with Gasteiger partial charge < -0.3 is 10.1 Å². The fourth-order valence-electron chi connectivity index (χ4n) is 2.80. The van der Waals surface area contributed by atoms with Crippen LogP contribution in [-0.2, 0) is 24.3 Å². The van der Waals surface area contributed by atoms with Gasteiger partial charge in [-0.05, 0) is 25.0 Å². The van der Waals surface area contributed by atoms with Gasteiger partial charge in [-0.25, -0.2) is 13.2 Å². The van der Waals surface area contributed by atoms with Gasteiger partial charge in [0.15, 0.2) is 0 Å². The first-order valence-corrected chi connectivity index (χ1v) is 11.3. The highest BCUT2D eigenvalue weighted by Gasteiger charge is 2.39. The lowest BCUT2D eigenvalue weighted by atomic mass is 10.0. The fourth-order valence-corrected chi connectivity index (χ4v) is 5.65. The van der Waals surface area contributed by atoms with Crippen molar-refractivity contribution in [2.75, 3.05) is 25.2 Å². The second-order valence-electron chi connectivity index (χ2n) is 6.77. The Morgan fingerprint density at radius 3 is 2.44 bits per heavy atom. The van der Waals surface area contributed by atoms with Crippen molar-refractivity contribution in [3.05, 3.63) is 29.8 Å². The normalized spacial score (nSPS) is 19.5. The SMILES string of the molecule is COC(=O)C(NC(=O)[C@@H]1CSCCN1S(=O)(=O)c1ccc(C)cc1)C(C)C. The number of ether oxygens (including phenoxy) is 1. The number of thioether (sulfide) groups is 1. The Kier molecular flexibility index (Phi) is 7.30. The molecule has 0 radical (unpaired) electrons. The number of methoxy groups -OCH3 is 1. The largest absolute Gasteiger partial charge is 0.467 e. The molecule has 0 saturated carbocycles. The minimum atomic E-state index is -3.81. The second-order valence-corrected chi connectivity index (χ2v) is 9.81. The van der Waals surface area contributed by atoms with E-state index in [1.807, 2.05) is 6.92 Å². The molecule has 0 aliphatic carbocycles. The van der Waals surface area contributed by atoms with E-state index in [-0.39, 0.29) is 17.4 Å². The molecule has 1 N–H and O–H groups in total. The lowest BCUT2D eigenvalue weighted by molar-refractivity contribution is -0.146. The van der Waals surface area contributed by atoms with Gasteiger partial charge in [-0.1, -0.05) is 31.5 Å². The monoisotopic (exact) mass is 414 g/mol. The number of aryl methyl sites for hydroxylation is 1. The summed E-state index contributed by atoms with van der Waals surface area (Å²) in [5.41, 5.74) is 0.954. The molecular weight excluding hydrogens is 388 g/mol. The van der Waals surface area contributed by atoms with Crippen LogP contribution in [0.2, 0.25) is 0 Å². The van der Waals surface area contributed by atoms with Crippen LogP contribution in [0, 0.1) is 12.8 Å². The van der Waals surface area contributed by atoms with E-state index in [1.54, 1.807) is 38.1 Å². The van der Waals surface area contributed by atoms with Gasteiger partial charge in [0.05, 0.1) is 12.0 Å². The number of carbonyl (C=O) groups excluding carboxylic acids is 2. The molecule has 0 spiro atoms. The number of hydrogen-bond acceptors (Lipinski definition) is 6. The van der Waals surface area contributed by atoms with E-state index in [2.05, 4.69) is 5.32 Å². The Balaban J connectivity index is 2.27. The first kappa shape index (κ1) is 21.7. The van der Waals surface area contributed by atoms with Crippen LogP contribution in [-0.4, -0.2) is 61.8 Å². The van der Waals surface area contributed by atoms with E-state index in [0.29, 0.717) is 11.5 Å². The van der Waals surface area contributed by atoms with Crippen molar-refractivity contribution in [3.8, 4) is 0 Å². The predicted octanol–water partition coefficient (Wildman–Crippen LogP) is 1.41. The summed E-state index contributed by atoms with van der Waals surface area (Å²) in [7, 11) is -2.55. The molecule has 1 aromatic carbocycles. The average Bonchev–Trinajstić information content (AvgIpc) is 2.65. The maximum absolute atomic E-state index is 13.1. The maximum Gasteiger partial charge on any atom is 0.328 e. The molecule has 1 aliphatic rings. The zero-order valence-corrected chi connectivity index (χ0v) is 17.6. The molecule has 1 aromatic rings. The molecular formula is C18H26N2O5S2. The van der Waals surface area contributed by atoms with Gasteiger partial charge in [0.25, 0.3) is 0 Å². The van der Waals surface area contributed by atoms with E-state index in [9.17, 15) is 18.0 Å². The molecule has 0 aromatic heterocycles. The Morgan fingerprint density at radius 2 is 1.89 bits per heavy atom. The molecule has 1 saturated heterocycles. The quantitative estimate of drug-likeness (QED) is 0.708. The van der Waals surface area contributed by atoms with Crippen molar-refractivity contribution in [1.29, 1.82) is 0 Å². The summed E-state index contributed by atoms with van der Waals surface area (Å²) in [4.78, 5) is 24.9. The number of benzene rings is 1. The predicted molar refractivity (Wildman–Crippen MR) is 105 cm³/mol. The summed E-state index contributed by atoms with van der Waals surface area (Å²) in [6.45, 7) is 5.70. The standard InChI is InChI=1S/C18H26N2O5S2/c1-12(2)16(18(22)25-4)19-17(21)15-11-26-10-9-20(15)27(23,24)14-7-5-13(3)6-8-14/h5-8,12,15-16H,9-11H2,1-4H3,(H,19,21)/t15-,16?/m0/s1.